The summed E-state index contributed by atoms with van der Waals surface area (Å²) in [5.41, 5.74) is 11.4. The van der Waals surface area contributed by atoms with Gasteiger partial charge >= 0.3 is 0 Å². The number of benzene rings is 8. The summed E-state index contributed by atoms with van der Waals surface area (Å²) in [6.07, 6.45) is 0. The molecule has 10 radical (unpaired) electrons. The predicted molar refractivity (Wildman–Crippen MR) is 225 cm³/mol. The molecule has 0 saturated heterocycles. The van der Waals surface area contributed by atoms with E-state index in [4.69, 9.17) is 44.2 Å². The molecule has 9 aromatic rings. The van der Waals surface area contributed by atoms with Crippen LogP contribution >= 0.6 is 0 Å². The number of hydrogen-bond donors (Lipinski definition) is 0. The molecule has 2 nitrogen and oxygen atoms in total. The summed E-state index contributed by atoms with van der Waals surface area (Å²) in [6.45, 7) is 0. The summed E-state index contributed by atoms with van der Waals surface area (Å²) in [6, 6.07) is 52.9. The van der Waals surface area contributed by atoms with Crippen molar-refractivity contribution >= 4 is 99.1 Å². The van der Waals surface area contributed by atoms with Gasteiger partial charge in [0.2, 0.25) is 0 Å². The number of aromatic nitrogens is 2. The van der Waals surface area contributed by atoms with Crippen molar-refractivity contribution in [2.45, 2.75) is 0 Å². The quantitative estimate of drug-likeness (QED) is 0.166. The summed E-state index contributed by atoms with van der Waals surface area (Å²) >= 11 is 0. The zero-order chi connectivity index (χ0) is 35.5. The summed E-state index contributed by atoms with van der Waals surface area (Å²) in [4.78, 5) is 5.09. The zero-order valence-electron chi connectivity index (χ0n) is 28.2. The maximum atomic E-state index is 6.40. The normalized spacial score (nSPS) is 11.5. The summed E-state index contributed by atoms with van der Waals surface area (Å²) in [7, 11) is 31.2. The van der Waals surface area contributed by atoms with Crippen molar-refractivity contribution in [2.75, 3.05) is 0 Å². The third-order valence-corrected chi connectivity index (χ3v) is 10.1. The smallest absolute Gasteiger partial charge is 0.145 e. The number of para-hydroxylation sites is 3. The van der Waals surface area contributed by atoms with Crippen LogP contribution in [0.4, 0.5) is 0 Å². The van der Waals surface area contributed by atoms with Crippen molar-refractivity contribution in [1.29, 1.82) is 0 Å². The minimum atomic E-state index is 0.204. The number of fused-ring (bicyclic) bond motifs is 3. The van der Waals surface area contributed by atoms with Gasteiger partial charge in [0.05, 0.1) is 11.0 Å². The minimum Gasteiger partial charge on any atom is -0.292 e. The van der Waals surface area contributed by atoms with Crippen LogP contribution in [0.2, 0.25) is 0 Å². The van der Waals surface area contributed by atoms with Crippen molar-refractivity contribution in [3.63, 3.8) is 0 Å². The van der Waals surface area contributed by atoms with Crippen molar-refractivity contribution in [1.82, 2.24) is 9.55 Å². The first-order chi connectivity index (χ1) is 25.4. The second-order valence-electron chi connectivity index (χ2n) is 13.0. The van der Waals surface area contributed by atoms with E-state index in [1.54, 1.807) is 0 Å². The van der Waals surface area contributed by atoms with Crippen LogP contribution in [0.15, 0.2) is 152 Å². The van der Waals surface area contributed by atoms with Crippen LogP contribution in [0.1, 0.15) is 0 Å². The Bertz CT molecular complexity index is 2740. The van der Waals surface area contributed by atoms with E-state index in [0.29, 0.717) is 16.5 Å². The highest BCUT2D eigenvalue weighted by Gasteiger charge is 2.19. The van der Waals surface area contributed by atoms with Crippen LogP contribution in [0.3, 0.4) is 0 Å². The molecular weight excluding hydrogens is 623 g/mol. The van der Waals surface area contributed by atoms with E-state index in [1.165, 1.54) is 5.56 Å². The molecule has 1 aromatic heterocycles. The van der Waals surface area contributed by atoms with Crippen LogP contribution in [-0.2, 0) is 0 Å². The van der Waals surface area contributed by atoms with E-state index in [2.05, 4.69) is 132 Å². The van der Waals surface area contributed by atoms with Crippen molar-refractivity contribution in [3.8, 4) is 50.5 Å². The Morgan fingerprint density at radius 1 is 0.346 bits per heavy atom. The molecule has 0 aliphatic carbocycles. The SMILES string of the molecule is [B]c1c([B])c([B])c(-c2ccc(-c3c4ccccc4c(-c4ccc(-c5nc6ccccc6n5-c5ccccc5)cc4)c4ccccc34)cc2)c([B])c1[B]. The van der Waals surface area contributed by atoms with E-state index < -0.39 is 0 Å². The molecule has 0 amide bonds. The van der Waals surface area contributed by atoms with E-state index >= 15 is 0 Å². The van der Waals surface area contributed by atoms with Crippen molar-refractivity contribution in [3.05, 3.63) is 152 Å². The maximum absolute atomic E-state index is 6.40. The number of imidazole rings is 1. The highest BCUT2D eigenvalue weighted by atomic mass is 15.1. The van der Waals surface area contributed by atoms with E-state index in [0.717, 1.165) is 71.9 Å². The first-order valence-corrected chi connectivity index (χ1v) is 17.1. The first kappa shape index (κ1) is 32.0. The van der Waals surface area contributed by atoms with Gasteiger partial charge in [0, 0.05) is 11.3 Å². The molecule has 0 N–H and O–H groups in total. The van der Waals surface area contributed by atoms with E-state index in [1.807, 2.05) is 24.3 Å². The molecule has 0 atom stereocenters. The molecule has 1 heterocycles. The fourth-order valence-corrected chi connectivity index (χ4v) is 7.56. The standard InChI is InChI=1S/C45H25B5N2/c46-40-39(41(47)43(49)44(50)42(40)48)28-20-18-26(19-21-28)37-31-12-4-6-14-33(31)38(34-15-7-5-13-32(34)37)27-22-24-29(25-23-27)45-51-35-16-8-9-17-36(35)52(45)30-10-2-1-3-11-30/h1-25H. The van der Waals surface area contributed by atoms with Crippen molar-refractivity contribution < 1.29 is 0 Å². The third-order valence-electron chi connectivity index (χ3n) is 10.1. The lowest BCUT2D eigenvalue weighted by Gasteiger charge is -2.22. The second kappa shape index (κ2) is 12.7. The molecule has 0 aliphatic heterocycles. The second-order valence-corrected chi connectivity index (χ2v) is 13.0. The monoisotopic (exact) mass is 648 g/mol. The average molecular weight is 648 g/mol. The molecule has 8 aromatic carbocycles. The lowest BCUT2D eigenvalue weighted by atomic mass is 9.59. The van der Waals surface area contributed by atoms with Crippen LogP contribution in [0.25, 0.3) is 83.0 Å². The van der Waals surface area contributed by atoms with Crippen LogP contribution < -0.4 is 27.3 Å². The largest absolute Gasteiger partial charge is 0.292 e. The molecular formula is C45H25B5N2. The maximum Gasteiger partial charge on any atom is 0.145 e. The molecule has 0 aliphatic rings. The fraction of sp³-hybridized carbons (Fsp3) is 0. The first-order valence-electron chi connectivity index (χ1n) is 17.1. The van der Waals surface area contributed by atoms with E-state index in [-0.39, 0.29) is 16.4 Å². The molecule has 0 unspecified atom stereocenters. The summed E-state index contributed by atoms with van der Waals surface area (Å²) < 4.78 is 2.23. The van der Waals surface area contributed by atoms with Gasteiger partial charge in [-0.2, -0.15) is 0 Å². The Kier molecular flexibility index (Phi) is 7.81. The van der Waals surface area contributed by atoms with Gasteiger partial charge in [0.1, 0.15) is 45.1 Å². The van der Waals surface area contributed by atoms with Gasteiger partial charge in [-0.05, 0) is 79.2 Å². The Morgan fingerprint density at radius 2 is 0.731 bits per heavy atom. The Hall–Kier alpha value is -5.93. The summed E-state index contributed by atoms with van der Waals surface area (Å²) in [5.74, 6) is 0.903. The molecule has 7 heteroatoms. The number of nitrogens with zero attached hydrogens (tertiary/aromatic N) is 2. The third kappa shape index (κ3) is 5.06. The predicted octanol–water partition coefficient (Wildman–Crippen LogP) is 5.97. The minimum absolute atomic E-state index is 0.204. The number of hydrogen-bond acceptors (Lipinski definition) is 1. The van der Waals surface area contributed by atoms with Gasteiger partial charge in [0.25, 0.3) is 0 Å². The van der Waals surface area contributed by atoms with Crippen LogP contribution in [0, 0.1) is 0 Å². The van der Waals surface area contributed by atoms with Gasteiger partial charge in [0.15, 0.2) is 0 Å². The van der Waals surface area contributed by atoms with Crippen LogP contribution in [-0.4, -0.2) is 48.8 Å². The van der Waals surface area contributed by atoms with E-state index in [9.17, 15) is 0 Å². The average Bonchev–Trinajstić information content (AvgIpc) is 3.59. The molecule has 0 bridgehead atoms. The molecule has 0 saturated carbocycles. The molecule has 0 spiro atoms. The van der Waals surface area contributed by atoms with Gasteiger partial charge in [-0.3, -0.25) is 4.57 Å². The van der Waals surface area contributed by atoms with Gasteiger partial charge in [-0.25, -0.2) is 4.98 Å². The highest BCUT2D eigenvalue weighted by molar-refractivity contribution is 6.68. The zero-order valence-corrected chi connectivity index (χ0v) is 28.2. The number of rotatable bonds is 5. The Balaban J connectivity index is 1.19. The Labute approximate surface area is 309 Å². The lowest BCUT2D eigenvalue weighted by molar-refractivity contribution is 1.10. The fourth-order valence-electron chi connectivity index (χ4n) is 7.56. The summed E-state index contributed by atoms with van der Waals surface area (Å²) in [5, 5.41) is 4.63. The Morgan fingerprint density at radius 3 is 1.23 bits per heavy atom. The molecule has 0 fully saturated rings. The van der Waals surface area contributed by atoms with Gasteiger partial charge < -0.3 is 0 Å². The molecule has 52 heavy (non-hydrogen) atoms. The molecule has 9 rings (SSSR count). The van der Waals surface area contributed by atoms with Crippen molar-refractivity contribution in [2.24, 2.45) is 0 Å². The topological polar surface area (TPSA) is 17.8 Å². The van der Waals surface area contributed by atoms with Gasteiger partial charge in [-0.1, -0.05) is 138 Å². The molecule has 230 valence electrons. The lowest BCUT2D eigenvalue weighted by Crippen LogP contribution is -2.55. The highest BCUT2D eigenvalue weighted by Crippen LogP contribution is 2.44. The van der Waals surface area contributed by atoms with Gasteiger partial charge in [-0.15, -0.1) is 16.4 Å². The van der Waals surface area contributed by atoms with Crippen LogP contribution in [0.5, 0.6) is 0 Å².